The highest BCUT2D eigenvalue weighted by molar-refractivity contribution is 5.89. The van der Waals surface area contributed by atoms with Gasteiger partial charge in [-0.1, -0.05) is 63.8 Å². The normalized spacial score (nSPS) is 11.2. The topological polar surface area (TPSA) is 33.0 Å². The van der Waals surface area contributed by atoms with E-state index in [-0.39, 0.29) is 0 Å². The molecule has 0 aliphatic rings. The minimum absolute atomic E-state index is 0.672. The Morgan fingerprint density at radius 1 is 0.889 bits per heavy atom. The van der Waals surface area contributed by atoms with Crippen molar-refractivity contribution in [2.45, 2.75) is 58.8 Å². The molecule has 0 unspecified atom stereocenters. The fourth-order valence-corrected chi connectivity index (χ4v) is 2.95. The van der Waals surface area contributed by atoms with Gasteiger partial charge in [0, 0.05) is 0 Å². The predicted octanol–water partition coefficient (Wildman–Crippen LogP) is 7.05. The zero-order chi connectivity index (χ0) is 19.3. The van der Waals surface area contributed by atoms with Gasteiger partial charge in [-0.25, -0.2) is 0 Å². The van der Waals surface area contributed by atoms with Crippen LogP contribution in [0, 0.1) is 11.3 Å². The molecule has 0 N–H and O–H groups in total. The zero-order valence-electron chi connectivity index (χ0n) is 16.7. The summed E-state index contributed by atoms with van der Waals surface area (Å²) < 4.78 is 5.69. The molecule has 0 aliphatic carbocycles. The average Bonchev–Trinajstić information content (AvgIpc) is 2.71. The summed E-state index contributed by atoms with van der Waals surface area (Å²) in [4.78, 5) is 0. The van der Waals surface area contributed by atoms with E-state index in [0.717, 1.165) is 42.7 Å². The predicted molar refractivity (Wildman–Crippen MR) is 115 cm³/mol. The molecule has 2 rings (SSSR count). The highest BCUT2D eigenvalue weighted by Gasteiger charge is 2.03. The van der Waals surface area contributed by atoms with Crippen LogP contribution < -0.4 is 4.74 Å². The van der Waals surface area contributed by atoms with Crippen LogP contribution in [-0.4, -0.2) is 6.61 Å². The molecule has 0 spiro atoms. The van der Waals surface area contributed by atoms with E-state index in [9.17, 15) is 5.26 Å². The van der Waals surface area contributed by atoms with Crippen LogP contribution in [-0.2, 0) is 6.42 Å². The van der Waals surface area contributed by atoms with Crippen molar-refractivity contribution in [2.24, 2.45) is 0 Å². The molecule has 0 amide bonds. The third-order valence-electron chi connectivity index (χ3n) is 4.66. The van der Waals surface area contributed by atoms with Gasteiger partial charge in [-0.15, -0.1) is 0 Å². The van der Waals surface area contributed by atoms with E-state index in [1.165, 1.54) is 31.2 Å². The van der Waals surface area contributed by atoms with Crippen molar-refractivity contribution in [3.63, 3.8) is 0 Å². The molecule has 0 heterocycles. The molecular formula is C25H31NO. The molecule has 0 fully saturated rings. The third kappa shape index (κ3) is 7.31. The molecular weight excluding hydrogens is 330 g/mol. The zero-order valence-corrected chi connectivity index (χ0v) is 16.7. The summed E-state index contributed by atoms with van der Waals surface area (Å²) in [5.74, 6) is 0.858. The first kappa shape index (κ1) is 20.8. The summed E-state index contributed by atoms with van der Waals surface area (Å²) in [5, 5.41) is 9.56. The molecule has 0 saturated heterocycles. The molecule has 0 aromatic heterocycles. The Labute approximate surface area is 164 Å². The van der Waals surface area contributed by atoms with E-state index >= 15 is 0 Å². The molecule has 0 radical (unpaired) electrons. The van der Waals surface area contributed by atoms with Gasteiger partial charge in [-0.05, 0) is 66.3 Å². The van der Waals surface area contributed by atoms with Gasteiger partial charge in [-0.3, -0.25) is 0 Å². The van der Waals surface area contributed by atoms with Gasteiger partial charge < -0.3 is 4.74 Å². The Hall–Kier alpha value is -2.53. The smallest absolute Gasteiger partial charge is 0.119 e. The minimum Gasteiger partial charge on any atom is -0.494 e. The van der Waals surface area contributed by atoms with Gasteiger partial charge in [0.05, 0.1) is 18.2 Å². The van der Waals surface area contributed by atoms with Crippen LogP contribution in [0.1, 0.15) is 69.1 Å². The SMILES string of the molecule is CCCCCCc1ccc(C=C(C#N)c2ccc(OCCCC)cc2)cc1. The number of ether oxygens (including phenoxy) is 1. The molecule has 0 bridgehead atoms. The monoisotopic (exact) mass is 361 g/mol. The fourth-order valence-electron chi connectivity index (χ4n) is 2.95. The van der Waals surface area contributed by atoms with Crippen LogP contribution in [0.15, 0.2) is 48.5 Å². The largest absolute Gasteiger partial charge is 0.494 e. The first-order valence-corrected chi connectivity index (χ1v) is 10.2. The summed E-state index contributed by atoms with van der Waals surface area (Å²) in [5.41, 5.74) is 4.03. The number of rotatable bonds is 11. The van der Waals surface area contributed by atoms with E-state index in [2.05, 4.69) is 44.2 Å². The Kier molecular flexibility index (Phi) is 9.21. The lowest BCUT2D eigenvalue weighted by molar-refractivity contribution is 0.309. The van der Waals surface area contributed by atoms with Crippen LogP contribution in [0.25, 0.3) is 11.6 Å². The van der Waals surface area contributed by atoms with Crippen LogP contribution >= 0.6 is 0 Å². The Morgan fingerprint density at radius 3 is 2.22 bits per heavy atom. The van der Waals surface area contributed by atoms with Gasteiger partial charge in [0.2, 0.25) is 0 Å². The maximum Gasteiger partial charge on any atom is 0.119 e. The quantitative estimate of drug-likeness (QED) is 0.244. The maximum absolute atomic E-state index is 9.56. The van der Waals surface area contributed by atoms with E-state index < -0.39 is 0 Å². The first-order chi connectivity index (χ1) is 13.3. The number of allylic oxidation sites excluding steroid dienone is 1. The lowest BCUT2D eigenvalue weighted by Gasteiger charge is -2.06. The van der Waals surface area contributed by atoms with Crippen molar-refractivity contribution in [3.05, 3.63) is 65.2 Å². The molecule has 27 heavy (non-hydrogen) atoms. The molecule has 2 aromatic carbocycles. The van der Waals surface area contributed by atoms with E-state index in [1.807, 2.05) is 30.3 Å². The van der Waals surface area contributed by atoms with Crippen molar-refractivity contribution in [1.82, 2.24) is 0 Å². The van der Waals surface area contributed by atoms with Gasteiger partial charge in [0.1, 0.15) is 5.75 Å². The molecule has 142 valence electrons. The van der Waals surface area contributed by atoms with Crippen molar-refractivity contribution in [2.75, 3.05) is 6.61 Å². The number of benzene rings is 2. The summed E-state index contributed by atoms with van der Waals surface area (Å²) in [6.45, 7) is 5.12. The molecule has 0 aliphatic heterocycles. The third-order valence-corrected chi connectivity index (χ3v) is 4.66. The highest BCUT2D eigenvalue weighted by Crippen LogP contribution is 2.21. The molecule has 2 aromatic rings. The van der Waals surface area contributed by atoms with E-state index in [1.54, 1.807) is 0 Å². The minimum atomic E-state index is 0.672. The molecule has 2 heteroatoms. The lowest BCUT2D eigenvalue weighted by Crippen LogP contribution is -1.96. The number of nitriles is 1. The first-order valence-electron chi connectivity index (χ1n) is 10.2. The summed E-state index contributed by atoms with van der Waals surface area (Å²) in [6, 6.07) is 18.7. The second-order valence-corrected chi connectivity index (χ2v) is 6.95. The Morgan fingerprint density at radius 2 is 1.59 bits per heavy atom. The van der Waals surface area contributed by atoms with Crippen LogP contribution in [0.3, 0.4) is 0 Å². The van der Waals surface area contributed by atoms with Crippen molar-refractivity contribution in [3.8, 4) is 11.8 Å². The van der Waals surface area contributed by atoms with Gasteiger partial charge in [0.15, 0.2) is 0 Å². The second-order valence-electron chi connectivity index (χ2n) is 6.95. The van der Waals surface area contributed by atoms with Gasteiger partial charge in [-0.2, -0.15) is 5.26 Å². The van der Waals surface area contributed by atoms with Crippen molar-refractivity contribution in [1.29, 1.82) is 5.26 Å². The summed E-state index contributed by atoms with van der Waals surface area (Å²) in [7, 11) is 0. The van der Waals surface area contributed by atoms with E-state index in [0.29, 0.717) is 5.57 Å². The Balaban J connectivity index is 1.99. The van der Waals surface area contributed by atoms with Gasteiger partial charge >= 0.3 is 0 Å². The van der Waals surface area contributed by atoms with Gasteiger partial charge in [0.25, 0.3) is 0 Å². The highest BCUT2D eigenvalue weighted by atomic mass is 16.5. The van der Waals surface area contributed by atoms with Crippen molar-refractivity contribution < 1.29 is 4.74 Å². The summed E-state index contributed by atoms with van der Waals surface area (Å²) in [6.07, 6.45) is 10.4. The lowest BCUT2D eigenvalue weighted by atomic mass is 10.0. The fraction of sp³-hybridized carbons (Fsp3) is 0.400. The number of unbranched alkanes of at least 4 members (excludes halogenated alkanes) is 4. The van der Waals surface area contributed by atoms with Crippen LogP contribution in [0.2, 0.25) is 0 Å². The maximum atomic E-state index is 9.56. The average molecular weight is 362 g/mol. The number of hydrogen-bond donors (Lipinski definition) is 0. The molecule has 2 nitrogen and oxygen atoms in total. The van der Waals surface area contributed by atoms with Crippen molar-refractivity contribution >= 4 is 11.6 Å². The standard InChI is InChI=1S/C25H31NO/c1-3-5-7-8-9-21-10-12-22(13-11-21)19-24(20-26)23-14-16-25(17-15-23)27-18-6-4-2/h10-17,19H,3-9,18H2,1-2H3. The number of aryl methyl sites for hydroxylation is 1. The van der Waals surface area contributed by atoms with Crippen LogP contribution in [0.4, 0.5) is 0 Å². The Bertz CT molecular complexity index is 735. The second kappa shape index (κ2) is 12.0. The van der Waals surface area contributed by atoms with E-state index in [4.69, 9.17) is 4.74 Å². The molecule has 0 atom stereocenters. The molecule has 0 saturated carbocycles. The number of nitrogens with zero attached hydrogens (tertiary/aromatic N) is 1. The van der Waals surface area contributed by atoms with Crippen LogP contribution in [0.5, 0.6) is 5.75 Å². The summed E-state index contributed by atoms with van der Waals surface area (Å²) >= 11 is 0. The number of hydrogen-bond acceptors (Lipinski definition) is 2.